The molecule has 24 heavy (non-hydrogen) atoms. The fourth-order valence-electron chi connectivity index (χ4n) is 2.49. The van der Waals surface area contributed by atoms with Crippen molar-refractivity contribution in [2.75, 3.05) is 18.0 Å². The first-order valence-electron chi connectivity index (χ1n) is 7.78. The van der Waals surface area contributed by atoms with E-state index in [9.17, 15) is 9.59 Å². The first-order valence-corrected chi connectivity index (χ1v) is 8.16. The van der Waals surface area contributed by atoms with Crippen LogP contribution in [0, 0.1) is 13.8 Å². The third kappa shape index (κ3) is 4.36. The Morgan fingerprint density at radius 1 is 1.12 bits per heavy atom. The summed E-state index contributed by atoms with van der Waals surface area (Å²) in [5.74, 6) is -0.261. The largest absolute Gasteiger partial charge is 0.350 e. The van der Waals surface area contributed by atoms with Gasteiger partial charge in [-0.3, -0.25) is 9.59 Å². The molecule has 126 valence electrons. The highest BCUT2D eigenvalue weighted by atomic mass is 35.5. The number of amides is 2. The lowest BCUT2D eigenvalue weighted by atomic mass is 10.1. The molecule has 2 rings (SSSR count). The third-order valence-corrected chi connectivity index (χ3v) is 4.19. The van der Waals surface area contributed by atoms with Gasteiger partial charge in [-0.2, -0.15) is 0 Å². The highest BCUT2D eigenvalue weighted by Gasteiger charge is 2.15. The number of hydrogen-bond acceptors (Lipinski definition) is 2. The molecule has 5 heteroatoms. The Balaban J connectivity index is 2.03. The van der Waals surface area contributed by atoms with Crippen LogP contribution in [-0.4, -0.2) is 24.9 Å². The molecule has 0 aliphatic rings. The monoisotopic (exact) mass is 344 g/mol. The normalized spacial score (nSPS) is 10.3. The van der Waals surface area contributed by atoms with Crippen molar-refractivity contribution < 1.29 is 9.59 Å². The summed E-state index contributed by atoms with van der Waals surface area (Å²) in [6, 6.07) is 12.6. The van der Waals surface area contributed by atoms with Crippen LogP contribution in [0.1, 0.15) is 28.4 Å². The fourth-order valence-corrected chi connectivity index (χ4v) is 2.68. The Kier molecular flexibility index (Phi) is 5.99. The summed E-state index contributed by atoms with van der Waals surface area (Å²) in [6.07, 6.45) is 0. The lowest BCUT2D eigenvalue weighted by Crippen LogP contribution is -2.38. The second kappa shape index (κ2) is 7.97. The van der Waals surface area contributed by atoms with E-state index in [1.54, 1.807) is 29.2 Å². The van der Waals surface area contributed by atoms with Gasteiger partial charge in [0.15, 0.2) is 0 Å². The van der Waals surface area contributed by atoms with Crippen LogP contribution in [0.5, 0.6) is 0 Å². The number of rotatable bonds is 5. The van der Waals surface area contributed by atoms with E-state index in [2.05, 4.69) is 5.32 Å². The average Bonchev–Trinajstić information content (AvgIpc) is 2.54. The molecule has 2 aromatic carbocycles. The molecule has 0 unspecified atom stereocenters. The van der Waals surface area contributed by atoms with Gasteiger partial charge in [-0.05, 0) is 49.2 Å². The first-order chi connectivity index (χ1) is 11.4. The van der Waals surface area contributed by atoms with Crippen LogP contribution in [-0.2, 0) is 4.79 Å². The van der Waals surface area contributed by atoms with Crippen molar-refractivity contribution in [3.05, 3.63) is 64.2 Å². The van der Waals surface area contributed by atoms with Gasteiger partial charge in [-0.15, -0.1) is 0 Å². The maximum absolute atomic E-state index is 12.1. The van der Waals surface area contributed by atoms with E-state index in [1.807, 2.05) is 32.0 Å². The quantitative estimate of drug-likeness (QED) is 0.898. The minimum atomic E-state index is -0.207. The Morgan fingerprint density at radius 3 is 2.50 bits per heavy atom. The molecule has 0 heterocycles. The molecule has 0 spiro atoms. The van der Waals surface area contributed by atoms with Gasteiger partial charge in [0.05, 0.1) is 0 Å². The smallest absolute Gasteiger partial charge is 0.251 e. The Bertz CT molecular complexity index is 759. The summed E-state index contributed by atoms with van der Waals surface area (Å²) in [7, 11) is 0. The lowest BCUT2D eigenvalue weighted by Gasteiger charge is -2.24. The van der Waals surface area contributed by atoms with Crippen molar-refractivity contribution in [2.45, 2.75) is 20.8 Å². The molecule has 2 aromatic rings. The molecular formula is C19H21ClN2O2. The predicted molar refractivity (Wildman–Crippen MR) is 97.7 cm³/mol. The van der Waals surface area contributed by atoms with Gasteiger partial charge in [0.25, 0.3) is 5.91 Å². The van der Waals surface area contributed by atoms with Crippen LogP contribution >= 0.6 is 11.6 Å². The van der Waals surface area contributed by atoms with Crippen LogP contribution in [0.15, 0.2) is 42.5 Å². The highest BCUT2D eigenvalue weighted by Crippen LogP contribution is 2.22. The fraction of sp³-hybridized carbons (Fsp3) is 0.263. The molecule has 0 atom stereocenters. The number of anilines is 1. The summed E-state index contributed by atoms with van der Waals surface area (Å²) in [4.78, 5) is 25.8. The molecule has 0 bridgehead atoms. The van der Waals surface area contributed by atoms with Gasteiger partial charge >= 0.3 is 0 Å². The van der Waals surface area contributed by atoms with Crippen molar-refractivity contribution in [3.8, 4) is 0 Å². The van der Waals surface area contributed by atoms with Crippen molar-refractivity contribution in [3.63, 3.8) is 0 Å². The minimum Gasteiger partial charge on any atom is -0.350 e. The SMILES string of the molecule is CC(=O)N(CCNC(=O)c1cccc(Cl)c1)c1cccc(C)c1C. The molecule has 0 aromatic heterocycles. The Labute approximate surface area is 147 Å². The summed E-state index contributed by atoms with van der Waals surface area (Å²) < 4.78 is 0. The Hall–Kier alpha value is -2.33. The number of aryl methyl sites for hydroxylation is 1. The van der Waals surface area contributed by atoms with E-state index in [0.717, 1.165) is 16.8 Å². The second-order valence-corrected chi connectivity index (χ2v) is 6.09. The highest BCUT2D eigenvalue weighted by molar-refractivity contribution is 6.30. The minimum absolute atomic E-state index is 0.0549. The number of hydrogen-bond donors (Lipinski definition) is 1. The van der Waals surface area contributed by atoms with Crippen LogP contribution in [0.25, 0.3) is 0 Å². The number of nitrogens with zero attached hydrogens (tertiary/aromatic N) is 1. The van der Waals surface area contributed by atoms with Gasteiger partial charge in [0.2, 0.25) is 5.91 Å². The van der Waals surface area contributed by atoms with Gasteiger partial charge in [0, 0.05) is 36.3 Å². The van der Waals surface area contributed by atoms with Gasteiger partial charge in [-0.25, -0.2) is 0 Å². The molecular weight excluding hydrogens is 324 g/mol. The predicted octanol–water partition coefficient (Wildman–Crippen LogP) is 3.74. The molecule has 4 nitrogen and oxygen atoms in total. The number of benzene rings is 2. The van der Waals surface area contributed by atoms with Crippen LogP contribution < -0.4 is 10.2 Å². The third-order valence-electron chi connectivity index (χ3n) is 3.95. The van der Waals surface area contributed by atoms with Crippen LogP contribution in [0.2, 0.25) is 5.02 Å². The first kappa shape index (κ1) is 18.0. The summed E-state index contributed by atoms with van der Waals surface area (Å²) >= 11 is 5.89. The summed E-state index contributed by atoms with van der Waals surface area (Å²) in [6.45, 7) is 6.30. The standard InChI is InChI=1S/C19H21ClN2O2/c1-13-6-4-9-18(14(13)2)22(15(3)23)11-10-21-19(24)16-7-5-8-17(20)12-16/h4-9,12H,10-11H2,1-3H3,(H,21,24). The van der Waals surface area contributed by atoms with E-state index >= 15 is 0 Å². The van der Waals surface area contributed by atoms with Crippen molar-refractivity contribution in [2.24, 2.45) is 0 Å². The average molecular weight is 345 g/mol. The van der Waals surface area contributed by atoms with E-state index in [1.165, 1.54) is 6.92 Å². The zero-order chi connectivity index (χ0) is 17.7. The molecule has 0 aliphatic carbocycles. The van der Waals surface area contributed by atoms with E-state index in [0.29, 0.717) is 23.7 Å². The molecule has 2 amide bonds. The second-order valence-electron chi connectivity index (χ2n) is 5.66. The maximum atomic E-state index is 12.1. The molecule has 0 saturated carbocycles. The number of halogens is 1. The number of carbonyl (C=O) groups excluding carboxylic acids is 2. The van der Waals surface area contributed by atoms with Gasteiger partial charge in [-0.1, -0.05) is 29.8 Å². The zero-order valence-corrected chi connectivity index (χ0v) is 14.9. The van der Waals surface area contributed by atoms with E-state index < -0.39 is 0 Å². The Morgan fingerprint density at radius 2 is 1.83 bits per heavy atom. The molecule has 0 aliphatic heterocycles. The van der Waals surface area contributed by atoms with Crippen molar-refractivity contribution in [1.29, 1.82) is 0 Å². The van der Waals surface area contributed by atoms with Crippen molar-refractivity contribution in [1.82, 2.24) is 5.32 Å². The lowest BCUT2D eigenvalue weighted by molar-refractivity contribution is -0.116. The van der Waals surface area contributed by atoms with Gasteiger partial charge < -0.3 is 10.2 Å². The summed E-state index contributed by atoms with van der Waals surface area (Å²) in [5, 5.41) is 3.34. The van der Waals surface area contributed by atoms with Crippen molar-refractivity contribution >= 4 is 29.1 Å². The maximum Gasteiger partial charge on any atom is 0.251 e. The number of carbonyl (C=O) groups is 2. The topological polar surface area (TPSA) is 49.4 Å². The molecule has 0 radical (unpaired) electrons. The molecule has 1 N–H and O–H groups in total. The number of nitrogens with one attached hydrogen (secondary N) is 1. The van der Waals surface area contributed by atoms with E-state index in [4.69, 9.17) is 11.6 Å². The van der Waals surface area contributed by atoms with Crippen LogP contribution in [0.3, 0.4) is 0 Å². The summed E-state index contributed by atoms with van der Waals surface area (Å²) in [5.41, 5.74) is 3.57. The van der Waals surface area contributed by atoms with Gasteiger partial charge in [0.1, 0.15) is 0 Å². The zero-order valence-electron chi connectivity index (χ0n) is 14.1. The molecule has 0 fully saturated rings. The van der Waals surface area contributed by atoms with Crippen LogP contribution in [0.4, 0.5) is 5.69 Å². The van der Waals surface area contributed by atoms with E-state index in [-0.39, 0.29) is 11.8 Å². The molecule has 0 saturated heterocycles.